The molecule has 2 N–H and O–H groups in total. The van der Waals surface area contributed by atoms with Gasteiger partial charge in [-0.1, -0.05) is 40.5 Å². The number of rotatable bonds is 5. The van der Waals surface area contributed by atoms with Crippen LogP contribution in [0.1, 0.15) is 24.2 Å². The van der Waals surface area contributed by atoms with Gasteiger partial charge in [0.15, 0.2) is 0 Å². The van der Waals surface area contributed by atoms with Crippen molar-refractivity contribution < 1.29 is 13.7 Å². The number of hydrogen-bond donors (Lipinski definition) is 2. The SMILES string of the molecule is O=C(NC/C(F)=C1/CCCc2onc(-c3ccc(Cl)cc3)c21)NSc1ccc(Cl)cc1. The van der Waals surface area contributed by atoms with Gasteiger partial charge in [0.1, 0.15) is 17.3 Å². The second kappa shape index (κ2) is 9.77. The fourth-order valence-corrected chi connectivity index (χ4v) is 4.15. The standard InChI is InChI=1S/C22H18Cl2FN3O2S/c23-14-6-4-13(5-7-14)21-20-17(2-1-3-19(20)30-27-21)18(25)12-26-22(29)28-31-16-10-8-15(24)9-11-16/h4-11H,1-3,12H2,(H2,26,28,29)/b18-17+. The third-order valence-electron chi connectivity index (χ3n) is 4.82. The monoisotopic (exact) mass is 477 g/mol. The average Bonchev–Trinajstić information content (AvgIpc) is 3.22. The van der Waals surface area contributed by atoms with Crippen LogP contribution in [0.3, 0.4) is 0 Å². The molecule has 9 heteroatoms. The van der Waals surface area contributed by atoms with Crippen molar-refractivity contribution in [1.82, 2.24) is 15.2 Å². The van der Waals surface area contributed by atoms with Crippen LogP contribution in [0, 0.1) is 0 Å². The summed E-state index contributed by atoms with van der Waals surface area (Å²) in [6.45, 7) is -0.229. The van der Waals surface area contributed by atoms with Crippen molar-refractivity contribution in [3.63, 3.8) is 0 Å². The lowest BCUT2D eigenvalue weighted by Gasteiger charge is -2.16. The molecule has 1 heterocycles. The molecule has 0 aliphatic heterocycles. The van der Waals surface area contributed by atoms with Crippen LogP contribution in [0.15, 0.2) is 63.8 Å². The van der Waals surface area contributed by atoms with Gasteiger partial charge >= 0.3 is 6.03 Å². The number of urea groups is 1. The van der Waals surface area contributed by atoms with Gasteiger partial charge in [-0.2, -0.15) is 0 Å². The van der Waals surface area contributed by atoms with Gasteiger partial charge in [-0.15, -0.1) is 0 Å². The fraction of sp³-hybridized carbons (Fsp3) is 0.182. The lowest BCUT2D eigenvalue weighted by Crippen LogP contribution is -2.32. The van der Waals surface area contributed by atoms with Crippen LogP contribution in [0.2, 0.25) is 10.0 Å². The molecule has 2 aromatic carbocycles. The summed E-state index contributed by atoms with van der Waals surface area (Å²) >= 11 is 12.9. The highest BCUT2D eigenvalue weighted by atomic mass is 35.5. The Labute approximate surface area is 193 Å². The Morgan fingerprint density at radius 3 is 2.45 bits per heavy atom. The Kier molecular flexibility index (Phi) is 6.85. The molecule has 0 bridgehead atoms. The zero-order valence-corrected chi connectivity index (χ0v) is 18.6. The highest BCUT2D eigenvalue weighted by Crippen LogP contribution is 2.40. The van der Waals surface area contributed by atoms with Crippen molar-refractivity contribution in [3.05, 3.63) is 75.7 Å². The third kappa shape index (κ3) is 5.23. The van der Waals surface area contributed by atoms with Crippen LogP contribution < -0.4 is 10.0 Å². The van der Waals surface area contributed by atoms with Crippen molar-refractivity contribution in [3.8, 4) is 11.3 Å². The topological polar surface area (TPSA) is 67.2 Å². The molecule has 3 aromatic rings. The Morgan fingerprint density at radius 2 is 1.74 bits per heavy atom. The fourth-order valence-electron chi connectivity index (χ4n) is 3.34. The Hall–Kier alpha value is -2.48. The van der Waals surface area contributed by atoms with Crippen LogP contribution in [-0.2, 0) is 6.42 Å². The van der Waals surface area contributed by atoms with Gasteiger partial charge in [-0.05, 0) is 66.8 Å². The maximum Gasteiger partial charge on any atom is 0.325 e. The number of fused-ring (bicyclic) bond motifs is 1. The van der Waals surface area contributed by atoms with Crippen LogP contribution >= 0.6 is 35.1 Å². The summed E-state index contributed by atoms with van der Waals surface area (Å²) < 4.78 is 23.2. The van der Waals surface area contributed by atoms with E-state index in [1.54, 1.807) is 36.4 Å². The summed E-state index contributed by atoms with van der Waals surface area (Å²) in [6.07, 6.45) is 1.99. The lowest BCUT2D eigenvalue weighted by molar-refractivity contribution is 0.246. The van der Waals surface area contributed by atoms with Crippen molar-refractivity contribution >= 4 is 46.8 Å². The molecule has 0 radical (unpaired) electrons. The van der Waals surface area contributed by atoms with Crippen molar-refractivity contribution in [2.24, 2.45) is 0 Å². The number of carbonyl (C=O) groups excluding carboxylic acids is 1. The smallest absolute Gasteiger partial charge is 0.325 e. The number of aryl methyl sites for hydroxylation is 1. The first-order valence-electron chi connectivity index (χ1n) is 9.60. The van der Waals surface area contributed by atoms with E-state index in [9.17, 15) is 4.79 Å². The lowest BCUT2D eigenvalue weighted by atomic mass is 9.88. The molecule has 0 unspecified atom stereocenters. The number of aromatic nitrogens is 1. The number of allylic oxidation sites excluding steroid dienone is 1. The molecule has 31 heavy (non-hydrogen) atoms. The molecule has 4 rings (SSSR count). The molecule has 2 amide bonds. The number of hydrogen-bond acceptors (Lipinski definition) is 4. The normalized spacial score (nSPS) is 14.7. The second-order valence-corrected chi connectivity index (χ2v) is 8.67. The van der Waals surface area contributed by atoms with E-state index in [0.717, 1.165) is 28.8 Å². The first kappa shape index (κ1) is 21.7. The number of nitrogens with zero attached hydrogens (tertiary/aromatic N) is 1. The van der Waals surface area contributed by atoms with Gasteiger partial charge in [0, 0.05) is 26.9 Å². The second-order valence-electron chi connectivity index (χ2n) is 6.91. The van der Waals surface area contributed by atoms with E-state index in [2.05, 4.69) is 15.2 Å². The number of carbonyl (C=O) groups is 1. The summed E-state index contributed by atoms with van der Waals surface area (Å²) in [5.41, 5.74) is 2.56. The minimum atomic E-state index is -0.491. The minimum absolute atomic E-state index is 0.229. The molecule has 0 saturated heterocycles. The molecule has 0 atom stereocenters. The summed E-state index contributed by atoms with van der Waals surface area (Å²) in [4.78, 5) is 12.9. The number of nitrogens with one attached hydrogen (secondary N) is 2. The molecule has 0 saturated carbocycles. The number of halogens is 3. The Balaban J connectivity index is 1.46. The zero-order valence-electron chi connectivity index (χ0n) is 16.3. The maximum absolute atomic E-state index is 15.1. The molecule has 1 aliphatic rings. The molecule has 0 spiro atoms. The van der Waals surface area contributed by atoms with E-state index in [1.165, 1.54) is 0 Å². The summed E-state index contributed by atoms with van der Waals surface area (Å²) in [7, 11) is 0. The number of amides is 2. The van der Waals surface area contributed by atoms with Crippen molar-refractivity contribution in [2.75, 3.05) is 6.54 Å². The van der Waals surface area contributed by atoms with Crippen LogP contribution in [0.25, 0.3) is 16.8 Å². The van der Waals surface area contributed by atoms with Gasteiger partial charge in [-0.3, -0.25) is 4.72 Å². The van der Waals surface area contributed by atoms with E-state index < -0.39 is 11.9 Å². The first-order valence-corrected chi connectivity index (χ1v) is 11.2. The molecule has 1 aliphatic carbocycles. The van der Waals surface area contributed by atoms with Gasteiger partial charge in [0.05, 0.1) is 12.1 Å². The van der Waals surface area contributed by atoms with E-state index in [-0.39, 0.29) is 6.54 Å². The van der Waals surface area contributed by atoms with Gasteiger partial charge in [0.2, 0.25) is 0 Å². The summed E-state index contributed by atoms with van der Waals surface area (Å²) in [5.74, 6) is 0.245. The van der Waals surface area contributed by atoms with E-state index in [4.69, 9.17) is 27.7 Å². The summed E-state index contributed by atoms with van der Waals surface area (Å²) in [5, 5.41) is 7.93. The average molecular weight is 478 g/mol. The molecule has 0 fully saturated rings. The zero-order chi connectivity index (χ0) is 21.8. The largest absolute Gasteiger partial charge is 0.360 e. The van der Waals surface area contributed by atoms with Gasteiger partial charge < -0.3 is 9.84 Å². The van der Waals surface area contributed by atoms with Gasteiger partial charge in [-0.25, -0.2) is 9.18 Å². The minimum Gasteiger partial charge on any atom is -0.360 e. The molecule has 160 valence electrons. The quantitative estimate of drug-likeness (QED) is 0.402. The van der Waals surface area contributed by atoms with E-state index in [0.29, 0.717) is 45.5 Å². The van der Waals surface area contributed by atoms with Crippen molar-refractivity contribution in [2.45, 2.75) is 24.2 Å². The predicted octanol–water partition coefficient (Wildman–Crippen LogP) is 6.67. The molecular formula is C22H18Cl2FN3O2S. The predicted molar refractivity (Wildman–Crippen MR) is 122 cm³/mol. The summed E-state index contributed by atoms with van der Waals surface area (Å²) in [6, 6.07) is 13.7. The van der Waals surface area contributed by atoms with E-state index >= 15 is 4.39 Å². The molecule has 5 nitrogen and oxygen atoms in total. The number of benzene rings is 2. The maximum atomic E-state index is 15.1. The van der Waals surface area contributed by atoms with Gasteiger partial charge in [0.25, 0.3) is 0 Å². The Morgan fingerprint density at radius 1 is 1.06 bits per heavy atom. The van der Waals surface area contributed by atoms with Crippen molar-refractivity contribution in [1.29, 1.82) is 0 Å². The molecule has 1 aromatic heterocycles. The van der Waals surface area contributed by atoms with Crippen LogP contribution in [0.4, 0.5) is 9.18 Å². The molecular weight excluding hydrogens is 460 g/mol. The van der Waals surface area contributed by atoms with Crippen LogP contribution in [0.5, 0.6) is 0 Å². The third-order valence-corrected chi connectivity index (χ3v) is 6.12. The Bertz CT molecular complexity index is 1110. The highest BCUT2D eigenvalue weighted by molar-refractivity contribution is 7.98. The van der Waals surface area contributed by atoms with Crippen LogP contribution in [-0.4, -0.2) is 17.7 Å². The van der Waals surface area contributed by atoms with E-state index in [1.807, 2.05) is 12.1 Å². The highest BCUT2D eigenvalue weighted by Gasteiger charge is 2.27. The first-order chi connectivity index (χ1) is 15.0.